The Bertz CT molecular complexity index is 958. The van der Waals surface area contributed by atoms with E-state index in [1.165, 1.54) is 6.07 Å². The second kappa shape index (κ2) is 4.27. The molecular formula is C14H10FN5O. The summed E-state index contributed by atoms with van der Waals surface area (Å²) in [6, 6.07) is 6.97. The van der Waals surface area contributed by atoms with Crippen LogP contribution in [0.4, 0.5) is 15.9 Å². The average Bonchev–Trinajstić information content (AvgIpc) is 3.04. The van der Waals surface area contributed by atoms with Crippen molar-refractivity contribution in [2.45, 2.75) is 6.92 Å². The van der Waals surface area contributed by atoms with Crippen molar-refractivity contribution in [2.24, 2.45) is 0 Å². The average molecular weight is 283 g/mol. The topological polar surface area (TPSA) is 79.6 Å². The summed E-state index contributed by atoms with van der Waals surface area (Å²) >= 11 is 0. The first-order valence-electron chi connectivity index (χ1n) is 6.33. The van der Waals surface area contributed by atoms with Crippen LogP contribution in [0.2, 0.25) is 0 Å². The van der Waals surface area contributed by atoms with Gasteiger partial charge >= 0.3 is 0 Å². The molecule has 21 heavy (non-hydrogen) atoms. The Balaban J connectivity index is 1.78. The lowest BCUT2D eigenvalue weighted by molar-refractivity contribution is 0.450. The summed E-state index contributed by atoms with van der Waals surface area (Å²) in [7, 11) is 0. The fraction of sp³-hybridized carbons (Fsp3) is 0.0714. The maximum Gasteiger partial charge on any atom is 0.167 e. The van der Waals surface area contributed by atoms with Gasteiger partial charge in [-0.3, -0.25) is 5.10 Å². The van der Waals surface area contributed by atoms with E-state index in [4.69, 9.17) is 4.52 Å². The van der Waals surface area contributed by atoms with Gasteiger partial charge < -0.3 is 9.84 Å². The third-order valence-electron chi connectivity index (χ3n) is 3.30. The number of pyridine rings is 1. The zero-order valence-corrected chi connectivity index (χ0v) is 11.0. The number of anilines is 2. The van der Waals surface area contributed by atoms with Gasteiger partial charge in [-0.1, -0.05) is 5.16 Å². The Morgan fingerprint density at radius 2 is 2.14 bits per heavy atom. The molecule has 0 saturated carbocycles. The minimum atomic E-state index is -0.405. The van der Waals surface area contributed by atoms with E-state index in [0.717, 1.165) is 28.5 Å². The summed E-state index contributed by atoms with van der Waals surface area (Å²) in [6.45, 7) is 1.87. The van der Waals surface area contributed by atoms with E-state index in [1.54, 1.807) is 0 Å². The van der Waals surface area contributed by atoms with Crippen molar-refractivity contribution < 1.29 is 8.91 Å². The Labute approximate surface area is 118 Å². The molecular weight excluding hydrogens is 273 g/mol. The van der Waals surface area contributed by atoms with Gasteiger partial charge in [0.25, 0.3) is 0 Å². The molecule has 0 atom stereocenters. The lowest BCUT2D eigenvalue weighted by Gasteiger charge is -2.03. The summed E-state index contributed by atoms with van der Waals surface area (Å²) in [5.74, 6) is 0.114. The summed E-state index contributed by atoms with van der Waals surface area (Å²) in [6.07, 6.45) is 1.15. The van der Waals surface area contributed by atoms with Crippen LogP contribution < -0.4 is 5.32 Å². The molecule has 0 unspecified atom stereocenters. The van der Waals surface area contributed by atoms with Gasteiger partial charge in [-0.15, -0.1) is 0 Å². The number of rotatable bonds is 2. The molecule has 0 amide bonds. The van der Waals surface area contributed by atoms with Gasteiger partial charge in [0.15, 0.2) is 17.0 Å². The highest BCUT2D eigenvalue weighted by Crippen LogP contribution is 2.26. The van der Waals surface area contributed by atoms with Crippen LogP contribution in [0.1, 0.15) is 5.69 Å². The van der Waals surface area contributed by atoms with Crippen LogP contribution in [0.15, 0.2) is 35.0 Å². The van der Waals surface area contributed by atoms with E-state index < -0.39 is 5.82 Å². The van der Waals surface area contributed by atoms with Crippen LogP contribution in [-0.4, -0.2) is 20.3 Å². The van der Waals surface area contributed by atoms with E-state index in [1.807, 2.05) is 25.1 Å². The van der Waals surface area contributed by atoms with Gasteiger partial charge in [0.1, 0.15) is 5.82 Å². The monoisotopic (exact) mass is 283 g/mol. The van der Waals surface area contributed by atoms with Gasteiger partial charge in [0.05, 0.1) is 17.3 Å². The molecule has 0 aliphatic heterocycles. The lowest BCUT2D eigenvalue weighted by Crippen LogP contribution is -1.91. The second-order valence-corrected chi connectivity index (χ2v) is 4.73. The molecule has 0 fully saturated rings. The Morgan fingerprint density at radius 3 is 3.05 bits per heavy atom. The maximum atomic E-state index is 13.3. The van der Waals surface area contributed by atoms with Crippen molar-refractivity contribution in [1.29, 1.82) is 0 Å². The fourth-order valence-electron chi connectivity index (χ4n) is 2.25. The Hall–Kier alpha value is -2.96. The maximum absolute atomic E-state index is 13.3. The van der Waals surface area contributed by atoms with Gasteiger partial charge in [-0.05, 0) is 31.2 Å². The van der Waals surface area contributed by atoms with Crippen molar-refractivity contribution in [2.75, 3.05) is 5.32 Å². The largest absolute Gasteiger partial charge is 0.356 e. The molecule has 2 N–H and O–H groups in total. The number of nitrogens with zero attached hydrogens (tertiary/aromatic N) is 3. The smallest absolute Gasteiger partial charge is 0.167 e. The second-order valence-electron chi connectivity index (χ2n) is 4.73. The van der Waals surface area contributed by atoms with Crippen molar-refractivity contribution in [1.82, 2.24) is 20.3 Å². The number of benzene rings is 1. The number of hydrogen-bond acceptors (Lipinski definition) is 5. The standard InChI is InChI=1S/C14H10FN5O/c1-7-10-5-9(2-3-12(10)21-20-7)17-14-11-4-8(15)6-16-13(11)18-19-14/h2-6H,1H3,(H2,16,17,18,19). The molecule has 4 rings (SSSR count). The van der Waals surface area contributed by atoms with Crippen LogP contribution in [0.5, 0.6) is 0 Å². The van der Waals surface area contributed by atoms with Crippen molar-refractivity contribution in [3.8, 4) is 0 Å². The third kappa shape index (κ3) is 1.90. The van der Waals surface area contributed by atoms with E-state index in [-0.39, 0.29) is 0 Å². The molecule has 3 aromatic heterocycles. The van der Waals surface area contributed by atoms with Crippen LogP contribution in [0, 0.1) is 12.7 Å². The molecule has 7 heteroatoms. The summed E-state index contributed by atoms with van der Waals surface area (Å²) in [5, 5.41) is 15.4. The molecule has 0 saturated heterocycles. The molecule has 3 heterocycles. The molecule has 104 valence electrons. The SMILES string of the molecule is Cc1noc2ccc(Nc3n[nH]c4ncc(F)cc34)cc12. The number of aromatic nitrogens is 4. The predicted molar refractivity (Wildman–Crippen MR) is 75.9 cm³/mol. The zero-order chi connectivity index (χ0) is 14.4. The van der Waals surface area contributed by atoms with Gasteiger partial charge in [0, 0.05) is 11.1 Å². The summed E-state index contributed by atoms with van der Waals surface area (Å²) in [5.41, 5.74) is 2.87. The fourth-order valence-corrected chi connectivity index (χ4v) is 2.25. The number of H-pyrrole nitrogens is 1. The molecule has 0 radical (unpaired) electrons. The number of nitrogens with one attached hydrogen (secondary N) is 2. The number of fused-ring (bicyclic) bond motifs is 2. The van der Waals surface area contributed by atoms with Crippen molar-refractivity contribution in [3.63, 3.8) is 0 Å². The molecule has 0 bridgehead atoms. The molecule has 0 aliphatic rings. The number of aromatic amines is 1. The zero-order valence-electron chi connectivity index (χ0n) is 11.0. The molecule has 0 aliphatic carbocycles. The van der Waals surface area contributed by atoms with Gasteiger partial charge in [0.2, 0.25) is 0 Å². The van der Waals surface area contributed by atoms with Crippen LogP contribution in [-0.2, 0) is 0 Å². The van der Waals surface area contributed by atoms with Crippen LogP contribution >= 0.6 is 0 Å². The minimum absolute atomic E-state index is 0.405. The number of hydrogen-bond donors (Lipinski definition) is 2. The highest BCUT2D eigenvalue weighted by atomic mass is 19.1. The quantitative estimate of drug-likeness (QED) is 0.590. The van der Waals surface area contributed by atoms with Crippen LogP contribution in [0.3, 0.4) is 0 Å². The molecule has 1 aromatic carbocycles. The Kier molecular flexibility index (Phi) is 2.41. The first-order chi connectivity index (χ1) is 10.2. The third-order valence-corrected chi connectivity index (χ3v) is 3.30. The summed E-state index contributed by atoms with van der Waals surface area (Å²) in [4.78, 5) is 3.94. The highest BCUT2D eigenvalue weighted by molar-refractivity contribution is 5.90. The molecule has 6 nitrogen and oxygen atoms in total. The highest BCUT2D eigenvalue weighted by Gasteiger charge is 2.10. The van der Waals surface area contributed by atoms with Crippen LogP contribution in [0.25, 0.3) is 22.0 Å². The van der Waals surface area contributed by atoms with Gasteiger partial charge in [-0.2, -0.15) is 5.10 Å². The van der Waals surface area contributed by atoms with E-state index in [0.29, 0.717) is 16.9 Å². The number of aryl methyl sites for hydroxylation is 1. The first-order valence-corrected chi connectivity index (χ1v) is 6.33. The predicted octanol–water partition coefficient (Wildman–Crippen LogP) is 3.29. The van der Waals surface area contributed by atoms with E-state index >= 15 is 0 Å². The van der Waals surface area contributed by atoms with E-state index in [2.05, 4.69) is 25.7 Å². The lowest BCUT2D eigenvalue weighted by atomic mass is 10.2. The first kappa shape index (κ1) is 11.8. The molecule has 0 spiro atoms. The van der Waals surface area contributed by atoms with Gasteiger partial charge in [-0.25, -0.2) is 9.37 Å². The molecule has 4 aromatic rings. The van der Waals surface area contributed by atoms with Crippen molar-refractivity contribution >= 4 is 33.5 Å². The minimum Gasteiger partial charge on any atom is -0.356 e. The Morgan fingerprint density at radius 1 is 1.24 bits per heavy atom. The van der Waals surface area contributed by atoms with E-state index in [9.17, 15) is 4.39 Å². The normalized spacial score (nSPS) is 11.3. The van der Waals surface area contributed by atoms with Crippen molar-refractivity contribution in [3.05, 3.63) is 42.0 Å². The number of halogens is 1. The summed E-state index contributed by atoms with van der Waals surface area (Å²) < 4.78 is 18.5.